The minimum atomic E-state index is -0.0936. The zero-order valence-corrected chi connectivity index (χ0v) is 8.48. The Bertz CT molecular complexity index is 132. The number of carbonyl (C=O) groups is 1. The molecule has 0 aliphatic carbocycles. The van der Waals surface area contributed by atoms with Crippen LogP contribution in [0.25, 0.3) is 0 Å². The second-order valence-electron chi connectivity index (χ2n) is 4.00. The Hall–Kier alpha value is -0.570. The van der Waals surface area contributed by atoms with Crippen molar-refractivity contribution in [1.29, 1.82) is 0 Å². The molecule has 0 aliphatic heterocycles. The van der Waals surface area contributed by atoms with Crippen LogP contribution in [0.1, 0.15) is 34.1 Å². The van der Waals surface area contributed by atoms with Gasteiger partial charge in [0.1, 0.15) is 0 Å². The molecule has 0 aromatic heterocycles. The van der Waals surface area contributed by atoms with Gasteiger partial charge < -0.3 is 10.6 Å². The zero-order chi connectivity index (χ0) is 9.61. The summed E-state index contributed by atoms with van der Waals surface area (Å²) in [5.41, 5.74) is -0.0936. The summed E-state index contributed by atoms with van der Waals surface area (Å²) in [4.78, 5) is 10.2. The number of nitrogens with one attached hydrogen (secondary N) is 2. The molecule has 0 saturated carbocycles. The minimum absolute atomic E-state index is 0.0936. The largest absolute Gasteiger partial charge is 0.354 e. The van der Waals surface area contributed by atoms with E-state index in [2.05, 4.69) is 24.5 Å². The molecule has 0 heterocycles. The maximum absolute atomic E-state index is 10.2. The van der Waals surface area contributed by atoms with E-state index < -0.39 is 0 Å². The monoisotopic (exact) mass is 172 g/mol. The van der Waals surface area contributed by atoms with Crippen LogP contribution in [0.3, 0.4) is 0 Å². The first kappa shape index (κ1) is 11.4. The summed E-state index contributed by atoms with van der Waals surface area (Å²) in [7, 11) is 0. The predicted molar refractivity (Wildman–Crippen MR) is 51.0 cm³/mol. The van der Waals surface area contributed by atoms with Gasteiger partial charge >= 0.3 is 0 Å². The lowest BCUT2D eigenvalue weighted by atomic mass is 10.0. The molecule has 0 aromatic rings. The first-order valence-corrected chi connectivity index (χ1v) is 4.42. The average molecular weight is 172 g/mol. The molecular formula is C9H20N2O. The molecule has 0 rings (SSSR count). The fourth-order valence-corrected chi connectivity index (χ4v) is 0.905. The summed E-state index contributed by atoms with van der Waals surface area (Å²) in [5, 5.41) is 6.08. The lowest BCUT2D eigenvalue weighted by Gasteiger charge is -2.24. The van der Waals surface area contributed by atoms with Gasteiger partial charge in [0.15, 0.2) is 0 Å². The van der Waals surface area contributed by atoms with Gasteiger partial charge in [-0.1, -0.05) is 13.8 Å². The predicted octanol–water partition coefficient (Wildman–Crippen LogP) is 0.899. The van der Waals surface area contributed by atoms with Crippen LogP contribution >= 0.6 is 0 Å². The van der Waals surface area contributed by atoms with Gasteiger partial charge in [-0.25, -0.2) is 0 Å². The van der Waals surface area contributed by atoms with Gasteiger partial charge in [0, 0.05) is 11.6 Å². The highest BCUT2D eigenvalue weighted by Gasteiger charge is 2.14. The van der Waals surface area contributed by atoms with E-state index in [0.29, 0.717) is 6.04 Å². The number of hydrogen-bond donors (Lipinski definition) is 2. The van der Waals surface area contributed by atoms with Gasteiger partial charge in [0.05, 0.1) is 0 Å². The highest BCUT2D eigenvalue weighted by Crippen LogP contribution is 2.05. The molecule has 0 spiro atoms. The number of carbonyl (C=O) groups excluding carboxylic acids is 1. The van der Waals surface area contributed by atoms with Gasteiger partial charge in [-0.15, -0.1) is 0 Å². The molecule has 2 N–H and O–H groups in total. The van der Waals surface area contributed by atoms with Crippen LogP contribution in [0.15, 0.2) is 0 Å². The maximum atomic E-state index is 10.2. The van der Waals surface area contributed by atoms with Crippen LogP contribution in [0, 0.1) is 0 Å². The highest BCUT2D eigenvalue weighted by atomic mass is 16.1. The zero-order valence-electron chi connectivity index (χ0n) is 8.48. The van der Waals surface area contributed by atoms with Crippen molar-refractivity contribution in [2.24, 2.45) is 0 Å². The average Bonchev–Trinajstić information content (AvgIpc) is 1.85. The summed E-state index contributed by atoms with van der Waals surface area (Å²) in [6, 6.07) is 0.511. The van der Waals surface area contributed by atoms with Gasteiger partial charge in [-0.2, -0.15) is 0 Å². The van der Waals surface area contributed by atoms with Crippen molar-refractivity contribution in [2.45, 2.75) is 45.7 Å². The Kier molecular flexibility index (Phi) is 4.90. The van der Waals surface area contributed by atoms with Crippen molar-refractivity contribution < 1.29 is 4.79 Å². The van der Waals surface area contributed by atoms with E-state index in [1.54, 1.807) is 0 Å². The van der Waals surface area contributed by atoms with Crippen LogP contribution in [0.5, 0.6) is 0 Å². The Morgan fingerprint density at radius 3 is 2.42 bits per heavy atom. The quantitative estimate of drug-likeness (QED) is 0.584. The summed E-state index contributed by atoms with van der Waals surface area (Å²) >= 11 is 0. The molecule has 0 unspecified atom stereocenters. The second kappa shape index (κ2) is 5.14. The molecule has 0 radical (unpaired) electrons. The summed E-state index contributed by atoms with van der Waals surface area (Å²) in [6.45, 7) is 9.19. The fraction of sp³-hybridized carbons (Fsp3) is 0.889. The topological polar surface area (TPSA) is 41.1 Å². The van der Waals surface area contributed by atoms with Crippen molar-refractivity contribution in [2.75, 3.05) is 6.54 Å². The lowest BCUT2D eigenvalue weighted by Crippen LogP contribution is -2.41. The van der Waals surface area contributed by atoms with E-state index in [0.717, 1.165) is 19.4 Å². The number of amides is 1. The van der Waals surface area contributed by atoms with Crippen LogP contribution in [-0.4, -0.2) is 24.5 Å². The Morgan fingerprint density at radius 2 is 2.00 bits per heavy atom. The van der Waals surface area contributed by atoms with Crippen molar-refractivity contribution in [1.82, 2.24) is 10.6 Å². The van der Waals surface area contributed by atoms with Gasteiger partial charge in [0.2, 0.25) is 6.41 Å². The Morgan fingerprint density at radius 1 is 1.42 bits per heavy atom. The minimum Gasteiger partial charge on any atom is -0.354 e. The molecule has 0 aromatic carbocycles. The van der Waals surface area contributed by atoms with E-state index in [-0.39, 0.29) is 5.54 Å². The van der Waals surface area contributed by atoms with Crippen LogP contribution in [0.4, 0.5) is 0 Å². The van der Waals surface area contributed by atoms with Gasteiger partial charge in [-0.3, -0.25) is 4.79 Å². The smallest absolute Gasteiger partial charge is 0.207 e. The molecule has 3 nitrogen and oxygen atoms in total. The van der Waals surface area contributed by atoms with E-state index in [4.69, 9.17) is 0 Å². The molecule has 1 amide bonds. The van der Waals surface area contributed by atoms with Crippen LogP contribution < -0.4 is 10.6 Å². The molecule has 0 saturated heterocycles. The SMILES string of the molecule is CC(C)NCCC(C)(C)NC=O. The third-order valence-corrected chi connectivity index (χ3v) is 1.75. The van der Waals surface area contributed by atoms with Crippen LogP contribution in [0.2, 0.25) is 0 Å². The molecule has 12 heavy (non-hydrogen) atoms. The Balaban J connectivity index is 3.53. The normalized spacial score (nSPS) is 11.8. The summed E-state index contributed by atoms with van der Waals surface area (Å²) in [6.07, 6.45) is 1.71. The molecule has 0 bridgehead atoms. The van der Waals surface area contributed by atoms with Crippen molar-refractivity contribution >= 4 is 6.41 Å². The first-order chi connectivity index (χ1) is 5.48. The molecule has 3 heteroatoms. The molecule has 0 fully saturated rings. The Labute approximate surface area is 74.9 Å². The number of hydrogen-bond acceptors (Lipinski definition) is 2. The summed E-state index contributed by atoms with van der Waals surface area (Å²) < 4.78 is 0. The van der Waals surface area contributed by atoms with Crippen molar-refractivity contribution in [3.8, 4) is 0 Å². The van der Waals surface area contributed by atoms with Gasteiger partial charge in [0.25, 0.3) is 0 Å². The highest BCUT2D eigenvalue weighted by molar-refractivity contribution is 5.47. The van der Waals surface area contributed by atoms with Crippen LogP contribution in [-0.2, 0) is 4.79 Å². The summed E-state index contributed by atoms with van der Waals surface area (Å²) in [5.74, 6) is 0. The van der Waals surface area contributed by atoms with E-state index in [9.17, 15) is 4.79 Å². The lowest BCUT2D eigenvalue weighted by molar-refractivity contribution is -0.110. The molecule has 0 atom stereocenters. The second-order valence-corrected chi connectivity index (χ2v) is 4.00. The number of rotatable bonds is 6. The fourth-order valence-electron chi connectivity index (χ4n) is 0.905. The molecule has 0 aliphatic rings. The van der Waals surface area contributed by atoms with E-state index in [1.807, 2.05) is 13.8 Å². The first-order valence-electron chi connectivity index (χ1n) is 4.42. The third-order valence-electron chi connectivity index (χ3n) is 1.75. The standard InChI is InChI=1S/C9H20N2O/c1-8(2)10-6-5-9(3,4)11-7-12/h7-8,10H,5-6H2,1-4H3,(H,11,12). The van der Waals surface area contributed by atoms with E-state index >= 15 is 0 Å². The van der Waals surface area contributed by atoms with E-state index in [1.165, 1.54) is 0 Å². The maximum Gasteiger partial charge on any atom is 0.207 e. The van der Waals surface area contributed by atoms with Crippen molar-refractivity contribution in [3.63, 3.8) is 0 Å². The molecular weight excluding hydrogens is 152 g/mol. The molecule has 72 valence electrons. The third kappa shape index (κ3) is 6.16. The van der Waals surface area contributed by atoms with Crippen molar-refractivity contribution in [3.05, 3.63) is 0 Å². The van der Waals surface area contributed by atoms with Gasteiger partial charge in [-0.05, 0) is 26.8 Å².